The first-order valence-electron chi connectivity index (χ1n) is 5.36. The van der Waals surface area contributed by atoms with E-state index in [1.807, 2.05) is 6.92 Å². The number of halogens is 2. The van der Waals surface area contributed by atoms with Crippen LogP contribution in [0.1, 0.15) is 23.7 Å². The summed E-state index contributed by atoms with van der Waals surface area (Å²) in [7, 11) is 0. The molecule has 3 nitrogen and oxygen atoms in total. The van der Waals surface area contributed by atoms with Crippen molar-refractivity contribution in [2.24, 2.45) is 0 Å². The molecule has 1 aliphatic heterocycles. The number of hydrogen-bond acceptors (Lipinski definition) is 2. The van der Waals surface area contributed by atoms with Crippen LogP contribution in [0.4, 0.5) is 8.78 Å². The predicted octanol–water partition coefficient (Wildman–Crippen LogP) is 1.87. The number of rotatable bonds is 2. The summed E-state index contributed by atoms with van der Waals surface area (Å²) in [6, 6.07) is 3.54. The molecule has 1 amide bonds. The van der Waals surface area contributed by atoms with E-state index >= 15 is 0 Å². The van der Waals surface area contributed by atoms with Gasteiger partial charge in [0.25, 0.3) is 5.91 Å². The van der Waals surface area contributed by atoms with Gasteiger partial charge in [-0.3, -0.25) is 4.79 Å². The van der Waals surface area contributed by atoms with E-state index in [2.05, 4.69) is 5.32 Å². The van der Waals surface area contributed by atoms with Gasteiger partial charge in [-0.2, -0.15) is 0 Å². The highest BCUT2D eigenvalue weighted by Crippen LogP contribution is 2.19. The maximum absolute atomic E-state index is 13.4. The summed E-state index contributed by atoms with van der Waals surface area (Å²) in [5.74, 6) is -2.76. The first-order valence-corrected chi connectivity index (χ1v) is 5.36. The van der Waals surface area contributed by atoms with Crippen molar-refractivity contribution in [1.82, 2.24) is 5.32 Å². The molecule has 17 heavy (non-hydrogen) atoms. The second kappa shape index (κ2) is 4.41. The van der Waals surface area contributed by atoms with Crippen LogP contribution in [0.5, 0.6) is 0 Å². The molecule has 0 radical (unpaired) electrons. The minimum atomic E-state index is -1.12. The molecule has 1 fully saturated rings. The number of carbonyl (C=O) groups excluding carboxylic acids is 1. The Kier molecular flexibility index (Phi) is 3.11. The van der Waals surface area contributed by atoms with E-state index in [0.717, 1.165) is 6.07 Å². The second-order valence-corrected chi connectivity index (χ2v) is 4.42. The maximum atomic E-state index is 13.4. The summed E-state index contributed by atoms with van der Waals surface area (Å²) in [5, 5.41) is 2.67. The molecule has 1 N–H and O–H groups in total. The Morgan fingerprint density at radius 2 is 2.24 bits per heavy atom. The predicted molar refractivity (Wildman–Crippen MR) is 57.7 cm³/mol. The average molecular weight is 241 g/mol. The Bertz CT molecular complexity index is 442. The van der Waals surface area contributed by atoms with E-state index in [4.69, 9.17) is 4.74 Å². The summed E-state index contributed by atoms with van der Waals surface area (Å²) >= 11 is 0. The van der Waals surface area contributed by atoms with Crippen molar-refractivity contribution >= 4 is 5.91 Å². The van der Waals surface area contributed by atoms with E-state index in [-0.39, 0.29) is 5.56 Å². The van der Waals surface area contributed by atoms with Crippen LogP contribution in [0.25, 0.3) is 0 Å². The maximum Gasteiger partial charge on any atom is 0.254 e. The van der Waals surface area contributed by atoms with Crippen LogP contribution >= 0.6 is 0 Å². The lowest BCUT2D eigenvalue weighted by Gasteiger charge is -2.23. The van der Waals surface area contributed by atoms with Gasteiger partial charge in [-0.05, 0) is 25.5 Å². The Balaban J connectivity index is 2.17. The van der Waals surface area contributed by atoms with Crippen LogP contribution < -0.4 is 5.32 Å². The molecular formula is C12H13F2NO2. The molecule has 2 rings (SSSR count). The van der Waals surface area contributed by atoms with Gasteiger partial charge in [-0.1, -0.05) is 6.07 Å². The van der Waals surface area contributed by atoms with Crippen molar-refractivity contribution in [3.05, 3.63) is 35.4 Å². The number of benzene rings is 1. The summed E-state index contributed by atoms with van der Waals surface area (Å²) < 4.78 is 31.5. The molecule has 1 aromatic rings. The lowest BCUT2D eigenvalue weighted by atomic mass is 10.0. The van der Waals surface area contributed by atoms with E-state index in [1.54, 1.807) is 0 Å². The fraction of sp³-hybridized carbons (Fsp3) is 0.417. The molecule has 1 saturated heterocycles. The topological polar surface area (TPSA) is 38.3 Å². The molecule has 92 valence electrons. The normalized spacial score (nSPS) is 23.7. The molecule has 1 heterocycles. The molecule has 1 aromatic carbocycles. The summed E-state index contributed by atoms with van der Waals surface area (Å²) in [6.07, 6.45) is 0.662. The van der Waals surface area contributed by atoms with Crippen LogP contribution in [-0.4, -0.2) is 24.7 Å². The fourth-order valence-corrected chi connectivity index (χ4v) is 1.79. The average Bonchev–Trinajstić information content (AvgIpc) is 2.68. The highest BCUT2D eigenvalue weighted by Gasteiger charge is 2.32. The van der Waals surface area contributed by atoms with Gasteiger partial charge in [-0.25, -0.2) is 8.78 Å². The summed E-state index contributed by atoms with van der Waals surface area (Å²) in [6.45, 7) is 2.76. The summed E-state index contributed by atoms with van der Waals surface area (Å²) in [5.41, 5.74) is -0.784. The van der Waals surface area contributed by atoms with Gasteiger partial charge in [0.15, 0.2) is 11.6 Å². The molecule has 1 atom stereocenters. The molecule has 5 heteroatoms. The minimum absolute atomic E-state index is 0.280. The van der Waals surface area contributed by atoms with Crippen molar-refractivity contribution in [1.29, 1.82) is 0 Å². The molecular weight excluding hydrogens is 228 g/mol. The highest BCUT2D eigenvalue weighted by molar-refractivity contribution is 5.95. The van der Waals surface area contributed by atoms with Gasteiger partial charge in [0.2, 0.25) is 0 Å². The van der Waals surface area contributed by atoms with Crippen LogP contribution in [0, 0.1) is 11.6 Å². The lowest BCUT2D eigenvalue weighted by Crippen LogP contribution is -2.46. The molecule has 1 unspecified atom stereocenters. The number of nitrogens with one attached hydrogen (secondary N) is 1. The van der Waals surface area contributed by atoms with Crippen LogP contribution in [-0.2, 0) is 4.74 Å². The standard InChI is InChI=1S/C12H13F2NO2/c1-12(5-6-17-7-12)15-11(16)8-3-2-4-9(13)10(8)14/h2-4H,5-7H2,1H3,(H,15,16). The third-order valence-electron chi connectivity index (χ3n) is 2.83. The van der Waals surface area contributed by atoms with Crippen molar-refractivity contribution in [3.8, 4) is 0 Å². The quantitative estimate of drug-likeness (QED) is 0.858. The second-order valence-electron chi connectivity index (χ2n) is 4.42. The van der Waals surface area contributed by atoms with Crippen LogP contribution in [0.15, 0.2) is 18.2 Å². The molecule has 0 saturated carbocycles. The third-order valence-corrected chi connectivity index (χ3v) is 2.83. The van der Waals surface area contributed by atoms with E-state index in [0.29, 0.717) is 19.6 Å². The Labute approximate surface area is 97.8 Å². The zero-order chi connectivity index (χ0) is 12.5. The number of carbonyl (C=O) groups is 1. The van der Waals surface area contributed by atoms with E-state index in [9.17, 15) is 13.6 Å². The van der Waals surface area contributed by atoms with Crippen molar-refractivity contribution < 1.29 is 18.3 Å². The SMILES string of the molecule is CC1(NC(=O)c2cccc(F)c2F)CCOC1. The van der Waals surface area contributed by atoms with Gasteiger partial charge < -0.3 is 10.1 Å². The fourth-order valence-electron chi connectivity index (χ4n) is 1.79. The molecule has 0 aliphatic carbocycles. The Morgan fingerprint density at radius 3 is 2.88 bits per heavy atom. The Hall–Kier alpha value is -1.49. The smallest absolute Gasteiger partial charge is 0.254 e. The largest absolute Gasteiger partial charge is 0.379 e. The van der Waals surface area contributed by atoms with Gasteiger partial charge in [0.05, 0.1) is 17.7 Å². The minimum Gasteiger partial charge on any atom is -0.379 e. The zero-order valence-electron chi connectivity index (χ0n) is 9.43. The number of hydrogen-bond donors (Lipinski definition) is 1. The van der Waals surface area contributed by atoms with Gasteiger partial charge in [-0.15, -0.1) is 0 Å². The Morgan fingerprint density at radius 1 is 1.47 bits per heavy atom. The first kappa shape index (κ1) is 12.0. The molecule has 0 aromatic heterocycles. The third kappa shape index (κ3) is 2.44. The zero-order valence-corrected chi connectivity index (χ0v) is 9.43. The number of ether oxygens (including phenoxy) is 1. The molecule has 0 bridgehead atoms. The van der Waals surface area contributed by atoms with Crippen molar-refractivity contribution in [3.63, 3.8) is 0 Å². The number of amides is 1. The van der Waals surface area contributed by atoms with E-state index in [1.165, 1.54) is 12.1 Å². The van der Waals surface area contributed by atoms with Crippen molar-refractivity contribution in [2.45, 2.75) is 18.9 Å². The highest BCUT2D eigenvalue weighted by atomic mass is 19.2. The summed E-state index contributed by atoms with van der Waals surface area (Å²) in [4.78, 5) is 11.8. The van der Waals surface area contributed by atoms with E-state index < -0.39 is 23.1 Å². The lowest BCUT2D eigenvalue weighted by molar-refractivity contribution is 0.0884. The monoisotopic (exact) mass is 241 g/mol. The van der Waals surface area contributed by atoms with Gasteiger partial charge in [0, 0.05) is 6.61 Å². The van der Waals surface area contributed by atoms with Crippen molar-refractivity contribution in [2.75, 3.05) is 13.2 Å². The van der Waals surface area contributed by atoms with Crippen LogP contribution in [0.2, 0.25) is 0 Å². The first-order chi connectivity index (χ1) is 8.02. The van der Waals surface area contributed by atoms with Gasteiger partial charge in [0.1, 0.15) is 0 Å². The van der Waals surface area contributed by atoms with Gasteiger partial charge >= 0.3 is 0 Å². The molecule has 1 aliphatic rings. The molecule has 0 spiro atoms. The van der Waals surface area contributed by atoms with Crippen LogP contribution in [0.3, 0.4) is 0 Å².